The Hall–Kier alpha value is -2.10. The molecule has 2 aromatic carbocycles. The van der Waals surface area contributed by atoms with Gasteiger partial charge in [0.1, 0.15) is 11.5 Å². The van der Waals surface area contributed by atoms with Crippen LogP contribution in [0.15, 0.2) is 54.7 Å². The Bertz CT molecular complexity index is 753. The maximum absolute atomic E-state index is 6.21. The van der Waals surface area contributed by atoms with Crippen molar-refractivity contribution in [1.82, 2.24) is 4.98 Å². The summed E-state index contributed by atoms with van der Waals surface area (Å²) >= 11 is 6.21. The average molecular weight is 285 g/mol. The lowest BCUT2D eigenvalue weighted by atomic mass is 10.2. The number of nitrogens with zero attached hydrogens (tertiary/aromatic N) is 1. The highest BCUT2D eigenvalue weighted by Crippen LogP contribution is 2.33. The van der Waals surface area contributed by atoms with Gasteiger partial charge in [0.2, 0.25) is 0 Å². The van der Waals surface area contributed by atoms with E-state index in [9.17, 15) is 0 Å². The van der Waals surface area contributed by atoms with E-state index in [-0.39, 0.29) is 0 Å². The summed E-state index contributed by atoms with van der Waals surface area (Å²) in [7, 11) is 0. The third-order valence-electron chi connectivity index (χ3n) is 3.06. The fourth-order valence-corrected chi connectivity index (χ4v) is 2.27. The van der Waals surface area contributed by atoms with Crippen molar-refractivity contribution in [3.05, 3.63) is 65.3 Å². The lowest BCUT2D eigenvalue weighted by molar-refractivity contribution is 0.488. The first kappa shape index (κ1) is 12.9. The van der Waals surface area contributed by atoms with E-state index in [1.165, 1.54) is 0 Å². The van der Waals surface area contributed by atoms with Gasteiger partial charge in [-0.3, -0.25) is 4.98 Å². The summed E-state index contributed by atoms with van der Waals surface area (Å²) in [5, 5.41) is 1.50. The fraction of sp³-hybridized carbons (Fsp3) is 0.0625. The van der Waals surface area contributed by atoms with Crippen LogP contribution in [0.2, 0.25) is 5.02 Å². The summed E-state index contributed by atoms with van der Waals surface area (Å²) in [6.07, 6.45) is 1.72. The number of hydrogen-bond acceptors (Lipinski definition) is 3. The van der Waals surface area contributed by atoms with Crippen LogP contribution in [0, 0.1) is 0 Å². The molecule has 0 bridgehead atoms. The second-order valence-corrected chi connectivity index (χ2v) is 4.80. The number of para-hydroxylation sites is 1. The standard InChI is InChI=1S/C16H13ClN2O/c17-13-9-11(10-18)5-6-16(13)20-15-7-8-19-14-4-2-1-3-12(14)15/h1-9H,10,18H2. The van der Waals surface area contributed by atoms with Crippen molar-refractivity contribution in [3.8, 4) is 11.5 Å². The number of pyridine rings is 1. The number of nitrogens with two attached hydrogens (primary N) is 1. The molecule has 4 heteroatoms. The van der Waals surface area contributed by atoms with Crippen LogP contribution < -0.4 is 10.5 Å². The Labute approximate surface area is 122 Å². The molecule has 2 N–H and O–H groups in total. The van der Waals surface area contributed by atoms with Crippen LogP contribution >= 0.6 is 11.6 Å². The zero-order valence-corrected chi connectivity index (χ0v) is 11.5. The Morgan fingerprint density at radius 2 is 1.90 bits per heavy atom. The molecule has 0 spiro atoms. The molecule has 0 saturated heterocycles. The van der Waals surface area contributed by atoms with Crippen molar-refractivity contribution in [2.45, 2.75) is 6.54 Å². The number of benzene rings is 2. The molecule has 1 heterocycles. The molecule has 0 fully saturated rings. The monoisotopic (exact) mass is 284 g/mol. The van der Waals surface area contributed by atoms with Crippen LogP contribution in [0.5, 0.6) is 11.5 Å². The van der Waals surface area contributed by atoms with Crippen LogP contribution in [0.3, 0.4) is 0 Å². The lowest BCUT2D eigenvalue weighted by Crippen LogP contribution is -1.96. The lowest BCUT2D eigenvalue weighted by Gasteiger charge is -2.10. The van der Waals surface area contributed by atoms with Gasteiger partial charge < -0.3 is 10.5 Å². The molecule has 0 aliphatic carbocycles. The Kier molecular flexibility index (Phi) is 3.54. The molecule has 0 aliphatic heterocycles. The first-order valence-electron chi connectivity index (χ1n) is 6.28. The molecule has 0 saturated carbocycles. The van der Waals surface area contributed by atoms with Crippen molar-refractivity contribution < 1.29 is 4.74 Å². The van der Waals surface area contributed by atoms with Gasteiger partial charge in [-0.2, -0.15) is 0 Å². The summed E-state index contributed by atoms with van der Waals surface area (Å²) in [6, 6.07) is 15.2. The van der Waals surface area contributed by atoms with E-state index in [1.807, 2.05) is 48.5 Å². The van der Waals surface area contributed by atoms with E-state index in [4.69, 9.17) is 22.1 Å². The van der Waals surface area contributed by atoms with Gasteiger partial charge in [0, 0.05) is 18.1 Å². The Balaban J connectivity index is 2.01. The smallest absolute Gasteiger partial charge is 0.146 e. The quantitative estimate of drug-likeness (QED) is 0.786. The van der Waals surface area contributed by atoms with Gasteiger partial charge in [0.05, 0.1) is 10.5 Å². The van der Waals surface area contributed by atoms with Gasteiger partial charge in [-0.05, 0) is 35.9 Å². The van der Waals surface area contributed by atoms with Crippen molar-refractivity contribution in [1.29, 1.82) is 0 Å². The maximum atomic E-state index is 6.21. The number of rotatable bonds is 3. The molecule has 0 atom stereocenters. The first-order valence-corrected chi connectivity index (χ1v) is 6.66. The van der Waals surface area contributed by atoms with Gasteiger partial charge in [-0.15, -0.1) is 0 Å². The van der Waals surface area contributed by atoms with Gasteiger partial charge in [0.15, 0.2) is 0 Å². The molecular weight excluding hydrogens is 272 g/mol. The number of ether oxygens (including phenoxy) is 1. The van der Waals surface area contributed by atoms with E-state index in [0.717, 1.165) is 22.2 Å². The normalized spacial score (nSPS) is 10.7. The van der Waals surface area contributed by atoms with Crippen molar-refractivity contribution in [2.75, 3.05) is 0 Å². The summed E-state index contributed by atoms with van der Waals surface area (Å²) < 4.78 is 5.91. The Morgan fingerprint density at radius 3 is 2.70 bits per heavy atom. The number of aromatic nitrogens is 1. The highest BCUT2D eigenvalue weighted by molar-refractivity contribution is 6.32. The predicted molar refractivity (Wildman–Crippen MR) is 81.2 cm³/mol. The predicted octanol–water partition coefficient (Wildman–Crippen LogP) is 4.14. The zero-order valence-electron chi connectivity index (χ0n) is 10.7. The molecule has 0 amide bonds. The molecule has 0 aliphatic rings. The largest absolute Gasteiger partial charge is 0.455 e. The van der Waals surface area contributed by atoms with Crippen molar-refractivity contribution >= 4 is 22.5 Å². The average Bonchev–Trinajstić information content (AvgIpc) is 2.49. The third kappa shape index (κ3) is 2.46. The van der Waals surface area contributed by atoms with E-state index >= 15 is 0 Å². The minimum atomic E-state index is 0.457. The highest BCUT2D eigenvalue weighted by Gasteiger charge is 2.07. The molecule has 20 heavy (non-hydrogen) atoms. The molecule has 3 nitrogen and oxygen atoms in total. The molecule has 3 aromatic rings. The van der Waals surface area contributed by atoms with Crippen LogP contribution in [0.25, 0.3) is 10.9 Å². The maximum Gasteiger partial charge on any atom is 0.146 e. The van der Waals surface area contributed by atoms with Gasteiger partial charge in [-0.25, -0.2) is 0 Å². The SMILES string of the molecule is NCc1ccc(Oc2ccnc3ccccc23)c(Cl)c1. The van der Waals surface area contributed by atoms with Crippen molar-refractivity contribution in [2.24, 2.45) is 5.73 Å². The van der Waals surface area contributed by atoms with Gasteiger partial charge in [-0.1, -0.05) is 29.8 Å². The molecule has 3 rings (SSSR count). The molecule has 1 aromatic heterocycles. The first-order chi connectivity index (χ1) is 9.78. The van der Waals surface area contributed by atoms with Crippen LogP contribution in [0.4, 0.5) is 0 Å². The van der Waals surface area contributed by atoms with Crippen LogP contribution in [0.1, 0.15) is 5.56 Å². The van der Waals surface area contributed by atoms with Crippen molar-refractivity contribution in [3.63, 3.8) is 0 Å². The summed E-state index contributed by atoms with van der Waals surface area (Å²) in [6.45, 7) is 0.457. The van der Waals surface area contributed by atoms with E-state index < -0.39 is 0 Å². The summed E-state index contributed by atoms with van der Waals surface area (Å²) in [4.78, 5) is 4.30. The van der Waals surface area contributed by atoms with E-state index in [0.29, 0.717) is 17.3 Å². The van der Waals surface area contributed by atoms with Crippen LogP contribution in [-0.2, 0) is 6.54 Å². The Morgan fingerprint density at radius 1 is 1.05 bits per heavy atom. The molecular formula is C16H13ClN2O. The van der Waals surface area contributed by atoms with Gasteiger partial charge in [0.25, 0.3) is 0 Å². The minimum absolute atomic E-state index is 0.457. The molecule has 0 unspecified atom stereocenters. The second-order valence-electron chi connectivity index (χ2n) is 4.40. The highest BCUT2D eigenvalue weighted by atomic mass is 35.5. The zero-order chi connectivity index (χ0) is 13.9. The van der Waals surface area contributed by atoms with E-state index in [1.54, 1.807) is 6.20 Å². The second kappa shape index (κ2) is 5.49. The number of hydrogen-bond donors (Lipinski definition) is 1. The minimum Gasteiger partial charge on any atom is -0.455 e. The summed E-state index contributed by atoms with van der Waals surface area (Å²) in [5.74, 6) is 1.35. The fourth-order valence-electron chi connectivity index (χ4n) is 2.03. The van der Waals surface area contributed by atoms with Crippen LogP contribution in [-0.4, -0.2) is 4.98 Å². The van der Waals surface area contributed by atoms with Gasteiger partial charge >= 0.3 is 0 Å². The topological polar surface area (TPSA) is 48.1 Å². The molecule has 0 radical (unpaired) electrons. The third-order valence-corrected chi connectivity index (χ3v) is 3.36. The number of halogens is 1. The summed E-state index contributed by atoms with van der Waals surface area (Å²) in [5.41, 5.74) is 7.45. The number of fused-ring (bicyclic) bond motifs is 1. The van der Waals surface area contributed by atoms with E-state index in [2.05, 4.69) is 4.98 Å². The molecule has 100 valence electrons.